The van der Waals surface area contributed by atoms with Crippen molar-refractivity contribution in [1.82, 2.24) is 10.2 Å². The van der Waals surface area contributed by atoms with Crippen LogP contribution in [-0.4, -0.2) is 38.1 Å². The molecule has 1 N–H and O–H groups in total. The summed E-state index contributed by atoms with van der Waals surface area (Å²) in [4.78, 5) is 2.55. The van der Waals surface area contributed by atoms with E-state index in [0.29, 0.717) is 0 Å². The number of allylic oxidation sites excluding steroid dienone is 1. The van der Waals surface area contributed by atoms with Crippen LogP contribution < -0.4 is 5.32 Å². The summed E-state index contributed by atoms with van der Waals surface area (Å²) in [6.07, 6.45) is 11.6. The topological polar surface area (TPSA) is 15.3 Å². The fourth-order valence-electron chi connectivity index (χ4n) is 2.80. The van der Waals surface area contributed by atoms with Crippen molar-refractivity contribution < 1.29 is 0 Å². The quantitative estimate of drug-likeness (QED) is 0.369. The number of nitrogens with one attached hydrogen (secondary N) is 1. The SMILES string of the molecule is C=C(CCC)CCCCCCN(C)[C@H](CC)CCNC. The lowest BCUT2D eigenvalue weighted by atomic mass is 10.0. The van der Waals surface area contributed by atoms with E-state index >= 15 is 0 Å². The van der Waals surface area contributed by atoms with E-state index in [0.717, 1.165) is 12.6 Å². The van der Waals surface area contributed by atoms with Crippen LogP contribution in [0.15, 0.2) is 12.2 Å². The molecule has 20 heavy (non-hydrogen) atoms. The molecule has 0 aliphatic rings. The zero-order chi connectivity index (χ0) is 15.2. The van der Waals surface area contributed by atoms with E-state index in [1.54, 1.807) is 0 Å². The van der Waals surface area contributed by atoms with Gasteiger partial charge in [0.25, 0.3) is 0 Å². The smallest absolute Gasteiger partial charge is 0.0102 e. The van der Waals surface area contributed by atoms with Crippen molar-refractivity contribution in [2.75, 3.05) is 27.2 Å². The van der Waals surface area contributed by atoms with Crippen LogP contribution in [0.4, 0.5) is 0 Å². The molecule has 0 heterocycles. The molecule has 0 unspecified atom stereocenters. The molecule has 0 aromatic rings. The van der Waals surface area contributed by atoms with E-state index in [-0.39, 0.29) is 0 Å². The Hall–Kier alpha value is -0.340. The predicted molar refractivity (Wildman–Crippen MR) is 92.4 cm³/mol. The normalized spacial score (nSPS) is 12.8. The molecule has 0 aromatic heterocycles. The summed E-state index contributed by atoms with van der Waals surface area (Å²) in [6, 6.07) is 0.742. The molecule has 0 aliphatic heterocycles. The fourth-order valence-corrected chi connectivity index (χ4v) is 2.80. The Kier molecular flexibility index (Phi) is 13.4. The minimum Gasteiger partial charge on any atom is -0.320 e. The number of nitrogens with zero attached hydrogens (tertiary/aromatic N) is 1. The molecule has 0 saturated heterocycles. The van der Waals surface area contributed by atoms with Gasteiger partial charge in [0.15, 0.2) is 0 Å². The second kappa shape index (κ2) is 13.6. The first-order chi connectivity index (χ1) is 9.65. The van der Waals surface area contributed by atoms with E-state index in [1.807, 2.05) is 7.05 Å². The molecule has 0 amide bonds. The second-order valence-corrected chi connectivity index (χ2v) is 6.10. The highest BCUT2D eigenvalue weighted by Gasteiger charge is 2.11. The Morgan fingerprint density at radius 1 is 1.10 bits per heavy atom. The largest absolute Gasteiger partial charge is 0.320 e. The molecule has 0 aliphatic carbocycles. The summed E-state index contributed by atoms with van der Waals surface area (Å²) < 4.78 is 0. The van der Waals surface area contributed by atoms with E-state index < -0.39 is 0 Å². The van der Waals surface area contributed by atoms with Crippen LogP contribution in [-0.2, 0) is 0 Å². The third kappa shape index (κ3) is 10.4. The summed E-state index contributed by atoms with van der Waals surface area (Å²) in [7, 11) is 4.33. The van der Waals surface area contributed by atoms with Gasteiger partial charge in [0, 0.05) is 6.04 Å². The number of unbranched alkanes of at least 4 members (excludes halogenated alkanes) is 3. The first kappa shape index (κ1) is 19.7. The van der Waals surface area contributed by atoms with Gasteiger partial charge < -0.3 is 10.2 Å². The molecule has 0 rings (SSSR count). The Labute approximate surface area is 128 Å². The second-order valence-electron chi connectivity index (χ2n) is 6.10. The molecule has 0 spiro atoms. The van der Waals surface area contributed by atoms with Crippen LogP contribution >= 0.6 is 0 Å². The summed E-state index contributed by atoms with van der Waals surface area (Å²) in [5.41, 5.74) is 1.45. The summed E-state index contributed by atoms with van der Waals surface area (Å²) in [5.74, 6) is 0. The molecule has 1 atom stereocenters. The standard InChI is InChI=1S/C18H38N2/c1-6-12-17(3)13-10-8-9-11-16-20(5)18(7-2)14-15-19-4/h18-19H,3,6-16H2,1-2,4-5H3/t18-/m1/s1. The molecule has 2 heteroatoms. The van der Waals surface area contributed by atoms with Gasteiger partial charge in [-0.1, -0.05) is 45.3 Å². The number of rotatable bonds is 14. The number of hydrogen-bond acceptors (Lipinski definition) is 2. The minimum atomic E-state index is 0.742. The highest BCUT2D eigenvalue weighted by molar-refractivity contribution is 4.92. The van der Waals surface area contributed by atoms with Gasteiger partial charge in [0.1, 0.15) is 0 Å². The maximum Gasteiger partial charge on any atom is 0.0102 e. The van der Waals surface area contributed by atoms with Crippen molar-refractivity contribution in [3.8, 4) is 0 Å². The van der Waals surface area contributed by atoms with Crippen LogP contribution in [0, 0.1) is 0 Å². The van der Waals surface area contributed by atoms with Gasteiger partial charge in [-0.3, -0.25) is 0 Å². The molecule has 0 radical (unpaired) electrons. The van der Waals surface area contributed by atoms with Crippen LogP contribution in [0.2, 0.25) is 0 Å². The molecule has 0 bridgehead atoms. The Bertz CT molecular complexity index is 225. The Morgan fingerprint density at radius 3 is 2.40 bits per heavy atom. The molecule has 0 fully saturated rings. The zero-order valence-corrected chi connectivity index (χ0v) is 14.5. The molecular formula is C18H38N2. The molecular weight excluding hydrogens is 244 g/mol. The first-order valence-electron chi connectivity index (χ1n) is 8.67. The number of hydrogen-bond donors (Lipinski definition) is 1. The lowest BCUT2D eigenvalue weighted by Crippen LogP contribution is -2.34. The third-order valence-electron chi connectivity index (χ3n) is 4.22. The highest BCUT2D eigenvalue weighted by atomic mass is 15.1. The molecule has 2 nitrogen and oxygen atoms in total. The lowest BCUT2D eigenvalue weighted by molar-refractivity contribution is 0.219. The van der Waals surface area contributed by atoms with E-state index in [9.17, 15) is 0 Å². The maximum atomic E-state index is 4.14. The van der Waals surface area contributed by atoms with Crippen LogP contribution in [0.5, 0.6) is 0 Å². The van der Waals surface area contributed by atoms with Gasteiger partial charge in [-0.25, -0.2) is 0 Å². The van der Waals surface area contributed by atoms with Gasteiger partial charge in [0.05, 0.1) is 0 Å². The van der Waals surface area contributed by atoms with Gasteiger partial charge in [-0.2, -0.15) is 0 Å². The highest BCUT2D eigenvalue weighted by Crippen LogP contribution is 2.14. The van der Waals surface area contributed by atoms with Gasteiger partial charge >= 0.3 is 0 Å². The van der Waals surface area contributed by atoms with Crippen molar-refractivity contribution >= 4 is 0 Å². The van der Waals surface area contributed by atoms with Crippen molar-refractivity contribution in [3.63, 3.8) is 0 Å². The zero-order valence-electron chi connectivity index (χ0n) is 14.5. The molecule has 120 valence electrons. The lowest BCUT2D eigenvalue weighted by Gasteiger charge is -2.27. The van der Waals surface area contributed by atoms with Gasteiger partial charge in [-0.05, 0) is 65.7 Å². The van der Waals surface area contributed by atoms with Gasteiger partial charge in [0.2, 0.25) is 0 Å². The van der Waals surface area contributed by atoms with Crippen LogP contribution in [0.1, 0.15) is 71.6 Å². The molecule has 0 saturated carbocycles. The van der Waals surface area contributed by atoms with E-state index in [4.69, 9.17) is 0 Å². The summed E-state index contributed by atoms with van der Waals surface area (Å²) in [5, 5.41) is 3.26. The summed E-state index contributed by atoms with van der Waals surface area (Å²) in [6.45, 7) is 11.1. The average molecular weight is 283 g/mol. The van der Waals surface area contributed by atoms with Crippen molar-refractivity contribution in [3.05, 3.63) is 12.2 Å². The van der Waals surface area contributed by atoms with Crippen LogP contribution in [0.25, 0.3) is 0 Å². The molecule has 0 aromatic carbocycles. The Balaban J connectivity index is 3.55. The van der Waals surface area contributed by atoms with Crippen molar-refractivity contribution in [1.29, 1.82) is 0 Å². The third-order valence-corrected chi connectivity index (χ3v) is 4.22. The maximum absolute atomic E-state index is 4.14. The Morgan fingerprint density at radius 2 is 1.80 bits per heavy atom. The minimum absolute atomic E-state index is 0.742. The predicted octanol–water partition coefficient (Wildman–Crippen LogP) is 4.61. The first-order valence-corrected chi connectivity index (χ1v) is 8.67. The van der Waals surface area contributed by atoms with Gasteiger partial charge in [-0.15, -0.1) is 0 Å². The van der Waals surface area contributed by atoms with Crippen molar-refractivity contribution in [2.45, 2.75) is 77.7 Å². The summed E-state index contributed by atoms with van der Waals surface area (Å²) >= 11 is 0. The van der Waals surface area contributed by atoms with E-state index in [1.165, 1.54) is 69.9 Å². The van der Waals surface area contributed by atoms with Crippen molar-refractivity contribution in [2.24, 2.45) is 0 Å². The monoisotopic (exact) mass is 282 g/mol. The van der Waals surface area contributed by atoms with Crippen LogP contribution in [0.3, 0.4) is 0 Å². The fraction of sp³-hybridized carbons (Fsp3) is 0.889. The van der Waals surface area contributed by atoms with E-state index in [2.05, 4.69) is 37.7 Å². The average Bonchev–Trinajstić information content (AvgIpc) is 2.43.